The Kier molecular flexibility index (Phi) is 46.4. The molecule has 3 N–H and O–H groups in total. The van der Waals surface area contributed by atoms with Crippen LogP contribution in [-0.2, 0) is 18.4 Å². The lowest BCUT2D eigenvalue weighted by molar-refractivity contribution is -0.870. The summed E-state index contributed by atoms with van der Waals surface area (Å²) in [5.41, 5.74) is 0. The number of carbonyl (C=O) groups is 1. The van der Waals surface area contributed by atoms with Crippen LogP contribution in [0.3, 0.4) is 0 Å². The molecule has 0 aliphatic carbocycles. The molecule has 3 unspecified atom stereocenters. The van der Waals surface area contributed by atoms with Crippen molar-refractivity contribution in [2.24, 2.45) is 0 Å². The molecule has 0 bridgehead atoms. The van der Waals surface area contributed by atoms with E-state index in [0.717, 1.165) is 44.9 Å². The molecule has 0 spiro atoms. The number of allylic oxidation sites excluding steroid dienone is 7. The van der Waals surface area contributed by atoms with E-state index in [1.54, 1.807) is 6.08 Å². The molecule has 0 aliphatic rings. The number of nitrogens with one attached hydrogen (secondary N) is 1. The second-order valence-corrected chi connectivity index (χ2v) is 21.4. The Morgan fingerprint density at radius 1 is 0.508 bits per heavy atom. The van der Waals surface area contributed by atoms with E-state index in [0.29, 0.717) is 17.4 Å². The lowest BCUT2D eigenvalue weighted by Gasteiger charge is -2.25. The Morgan fingerprint density at radius 3 is 1.23 bits per heavy atom. The van der Waals surface area contributed by atoms with E-state index >= 15 is 0 Å². The predicted octanol–water partition coefficient (Wildman–Crippen LogP) is 16.4. The van der Waals surface area contributed by atoms with Crippen LogP contribution in [0.25, 0.3) is 0 Å². The van der Waals surface area contributed by atoms with Crippen molar-refractivity contribution in [3.8, 4) is 0 Å². The first-order valence-corrected chi connectivity index (χ1v) is 29.0. The maximum atomic E-state index is 13.0. The average molecular weight is 936 g/mol. The molecule has 3 atom stereocenters. The van der Waals surface area contributed by atoms with Crippen molar-refractivity contribution >= 4 is 13.7 Å². The second kappa shape index (κ2) is 47.5. The molecule has 9 heteroatoms. The zero-order chi connectivity index (χ0) is 47.8. The lowest BCUT2D eigenvalue weighted by atomic mass is 10.0. The van der Waals surface area contributed by atoms with E-state index in [9.17, 15) is 19.4 Å². The Bertz CT molecular complexity index is 1200. The van der Waals surface area contributed by atoms with E-state index < -0.39 is 20.0 Å². The molecule has 0 heterocycles. The largest absolute Gasteiger partial charge is 0.472 e. The third-order valence-electron chi connectivity index (χ3n) is 12.2. The fourth-order valence-corrected chi connectivity index (χ4v) is 8.63. The van der Waals surface area contributed by atoms with Gasteiger partial charge in [-0.15, -0.1) is 0 Å². The van der Waals surface area contributed by atoms with E-state index in [1.807, 2.05) is 27.2 Å². The summed E-state index contributed by atoms with van der Waals surface area (Å²) in [6.07, 6.45) is 62.1. The monoisotopic (exact) mass is 936 g/mol. The van der Waals surface area contributed by atoms with Gasteiger partial charge in [0.2, 0.25) is 5.91 Å². The first-order valence-electron chi connectivity index (χ1n) is 27.5. The Morgan fingerprint density at radius 2 is 0.846 bits per heavy atom. The smallest absolute Gasteiger partial charge is 0.387 e. The molecule has 0 aromatic heterocycles. The lowest BCUT2D eigenvalue weighted by Crippen LogP contribution is -2.45. The number of hydrogen-bond donors (Lipinski definition) is 3. The SMILES string of the molecule is CCCCCCCCCCC/C=C/CC/C=C/CC/C=C/C(O)C(COP(=O)(O)OCC[N+](C)(C)C)NC(=O)CCCCCCCCCC/C=C\CCCCCCCCCCCCCC. The second-order valence-electron chi connectivity index (χ2n) is 19.9. The molecule has 65 heavy (non-hydrogen) atoms. The summed E-state index contributed by atoms with van der Waals surface area (Å²) < 4.78 is 23.7. The van der Waals surface area contributed by atoms with Crippen LogP contribution in [0, 0.1) is 0 Å². The number of aliphatic hydroxyl groups is 1. The first kappa shape index (κ1) is 63.5. The number of carbonyl (C=O) groups excluding carboxylic acids is 1. The topological polar surface area (TPSA) is 105 Å². The highest BCUT2D eigenvalue weighted by Gasteiger charge is 2.27. The molecule has 382 valence electrons. The minimum absolute atomic E-state index is 0.0524. The van der Waals surface area contributed by atoms with E-state index in [-0.39, 0.29) is 19.1 Å². The molecular formula is C56H108N2O6P+. The summed E-state index contributed by atoms with van der Waals surface area (Å²) >= 11 is 0. The summed E-state index contributed by atoms with van der Waals surface area (Å²) in [5.74, 6) is -0.193. The normalized spacial score (nSPS) is 14.4. The Balaban J connectivity index is 4.31. The Labute approximate surface area is 403 Å². The number of nitrogens with zero attached hydrogens (tertiary/aromatic N) is 1. The van der Waals surface area contributed by atoms with E-state index in [2.05, 4.69) is 55.6 Å². The van der Waals surface area contributed by atoms with Crippen LogP contribution in [0.15, 0.2) is 48.6 Å². The van der Waals surface area contributed by atoms with Crippen molar-refractivity contribution in [2.45, 2.75) is 264 Å². The van der Waals surface area contributed by atoms with Crippen molar-refractivity contribution in [1.82, 2.24) is 5.32 Å². The van der Waals surface area contributed by atoms with Gasteiger partial charge in [0.1, 0.15) is 13.2 Å². The fourth-order valence-electron chi connectivity index (χ4n) is 7.89. The van der Waals surface area contributed by atoms with Gasteiger partial charge in [0, 0.05) is 6.42 Å². The molecule has 1 amide bonds. The average Bonchev–Trinajstić information content (AvgIpc) is 3.26. The van der Waals surface area contributed by atoms with Gasteiger partial charge in [0.15, 0.2) is 0 Å². The van der Waals surface area contributed by atoms with Crippen LogP contribution < -0.4 is 5.32 Å². The number of aliphatic hydroxyl groups excluding tert-OH is 1. The zero-order valence-corrected chi connectivity index (χ0v) is 44.4. The van der Waals surface area contributed by atoms with Crippen LogP contribution in [0.1, 0.15) is 251 Å². The maximum Gasteiger partial charge on any atom is 0.472 e. The van der Waals surface area contributed by atoms with Crippen molar-refractivity contribution in [1.29, 1.82) is 0 Å². The summed E-state index contributed by atoms with van der Waals surface area (Å²) in [4.78, 5) is 23.3. The Hall–Kier alpha value is -1.54. The highest BCUT2D eigenvalue weighted by atomic mass is 31.2. The highest BCUT2D eigenvalue weighted by molar-refractivity contribution is 7.47. The molecule has 0 saturated heterocycles. The number of phosphoric ester groups is 1. The zero-order valence-electron chi connectivity index (χ0n) is 43.5. The quantitative estimate of drug-likeness (QED) is 0.0243. The van der Waals surface area contributed by atoms with Crippen LogP contribution in [0.5, 0.6) is 0 Å². The first-order chi connectivity index (χ1) is 31.5. The standard InChI is InChI=1S/C56H107N2O6P/c1-6-8-10-12-14-16-18-20-22-24-26-27-28-29-30-32-34-36-38-40-42-44-46-48-50-56(60)57-54(53-64-65(61,62)63-52-51-58(3,4)5)55(59)49-47-45-43-41-39-37-35-33-31-25-23-21-19-17-15-13-11-9-7-2/h29-31,33,39,41,47,49,54-55,59H,6-28,32,34-38,40,42-46,48,50-53H2,1-5H3,(H-,57,60,61,62)/p+1/b30-29-,33-31+,41-39+,49-47+. The number of hydrogen-bond acceptors (Lipinski definition) is 5. The van der Waals surface area contributed by atoms with Crippen molar-refractivity contribution in [3.63, 3.8) is 0 Å². The van der Waals surface area contributed by atoms with Gasteiger partial charge in [-0.05, 0) is 70.6 Å². The molecule has 0 rings (SSSR count). The molecule has 0 saturated carbocycles. The van der Waals surface area contributed by atoms with Crippen LogP contribution in [0.4, 0.5) is 0 Å². The summed E-state index contributed by atoms with van der Waals surface area (Å²) in [5, 5.41) is 13.9. The molecular weight excluding hydrogens is 828 g/mol. The number of rotatable bonds is 50. The van der Waals surface area contributed by atoms with Gasteiger partial charge >= 0.3 is 7.82 Å². The number of quaternary nitrogens is 1. The number of phosphoric acid groups is 1. The predicted molar refractivity (Wildman–Crippen MR) is 281 cm³/mol. The molecule has 8 nitrogen and oxygen atoms in total. The third kappa shape index (κ3) is 50.2. The highest BCUT2D eigenvalue weighted by Crippen LogP contribution is 2.43. The van der Waals surface area contributed by atoms with Gasteiger partial charge in [0.05, 0.1) is 39.9 Å². The van der Waals surface area contributed by atoms with Gasteiger partial charge in [-0.3, -0.25) is 13.8 Å². The summed E-state index contributed by atoms with van der Waals surface area (Å²) in [6.45, 7) is 4.80. The van der Waals surface area contributed by atoms with Crippen molar-refractivity contribution < 1.29 is 32.9 Å². The van der Waals surface area contributed by atoms with Crippen LogP contribution >= 0.6 is 7.82 Å². The molecule has 0 aromatic rings. The van der Waals surface area contributed by atoms with Crippen LogP contribution in [0.2, 0.25) is 0 Å². The number of amides is 1. The summed E-state index contributed by atoms with van der Waals surface area (Å²) in [7, 11) is 1.55. The fraction of sp³-hybridized carbons (Fsp3) is 0.839. The van der Waals surface area contributed by atoms with Gasteiger partial charge < -0.3 is 19.8 Å². The molecule has 0 aromatic carbocycles. The minimum Gasteiger partial charge on any atom is -0.387 e. The van der Waals surface area contributed by atoms with Crippen molar-refractivity contribution in [2.75, 3.05) is 40.9 Å². The molecule has 0 aliphatic heterocycles. The molecule has 0 fully saturated rings. The van der Waals surface area contributed by atoms with Crippen molar-refractivity contribution in [3.05, 3.63) is 48.6 Å². The van der Waals surface area contributed by atoms with Gasteiger partial charge in [0.25, 0.3) is 0 Å². The third-order valence-corrected chi connectivity index (χ3v) is 13.2. The number of unbranched alkanes of at least 4 members (excludes halogenated alkanes) is 31. The maximum absolute atomic E-state index is 13.0. The molecule has 0 radical (unpaired) electrons. The van der Waals surface area contributed by atoms with Gasteiger partial charge in [-0.25, -0.2) is 4.57 Å². The van der Waals surface area contributed by atoms with Gasteiger partial charge in [-0.2, -0.15) is 0 Å². The van der Waals surface area contributed by atoms with E-state index in [4.69, 9.17) is 9.05 Å². The number of likely N-dealkylation sites (N-methyl/N-ethyl adjacent to an activating group) is 1. The minimum atomic E-state index is -4.36. The van der Waals surface area contributed by atoms with Crippen LogP contribution in [-0.4, -0.2) is 73.4 Å². The summed E-state index contributed by atoms with van der Waals surface area (Å²) in [6, 6.07) is -0.872. The van der Waals surface area contributed by atoms with Gasteiger partial charge in [-0.1, -0.05) is 223 Å². The van der Waals surface area contributed by atoms with E-state index in [1.165, 1.54) is 186 Å².